The number of rotatable bonds is 9. The van der Waals surface area contributed by atoms with Crippen molar-refractivity contribution in [3.8, 4) is 5.75 Å². The van der Waals surface area contributed by atoms with Crippen molar-refractivity contribution in [3.05, 3.63) is 65.2 Å². The Kier molecular flexibility index (Phi) is 8.28. The molecule has 1 saturated heterocycles. The molecule has 0 spiro atoms. The van der Waals surface area contributed by atoms with Gasteiger partial charge in [0.25, 0.3) is 5.91 Å². The van der Waals surface area contributed by atoms with E-state index in [0.717, 1.165) is 17.7 Å². The maximum absolute atomic E-state index is 12.9. The summed E-state index contributed by atoms with van der Waals surface area (Å²) in [5, 5.41) is 3.12. The van der Waals surface area contributed by atoms with Crippen LogP contribution in [0.3, 0.4) is 0 Å². The first kappa shape index (κ1) is 24.2. The van der Waals surface area contributed by atoms with Gasteiger partial charge >= 0.3 is 0 Å². The predicted molar refractivity (Wildman–Crippen MR) is 124 cm³/mol. The molecule has 0 saturated carbocycles. The van der Waals surface area contributed by atoms with Gasteiger partial charge in [-0.3, -0.25) is 4.79 Å². The Hall–Kier alpha value is -2.42. The maximum Gasteiger partial charge on any atom is 0.251 e. The number of carbonyl (C=O) groups is 1. The standard InChI is InChI=1S/C24H32N2O5S/c1-18(2)16-23(20-8-10-22(30-3)11-9-20)25-24(27)21-6-4-19(5-7-21)17-32(28,29)26-12-14-31-15-13-26/h4-11,18,23H,12-17H2,1-3H3,(H,25,27)/t23-/m0/s1. The van der Waals surface area contributed by atoms with Crippen LogP contribution in [0.25, 0.3) is 0 Å². The normalized spacial score (nSPS) is 16.0. The number of amides is 1. The van der Waals surface area contributed by atoms with Crippen LogP contribution in [0.1, 0.15) is 47.8 Å². The van der Waals surface area contributed by atoms with Gasteiger partial charge in [-0.05, 0) is 47.7 Å². The number of hydrogen-bond donors (Lipinski definition) is 1. The summed E-state index contributed by atoms with van der Waals surface area (Å²) in [6, 6.07) is 14.3. The monoisotopic (exact) mass is 460 g/mol. The summed E-state index contributed by atoms with van der Waals surface area (Å²) >= 11 is 0. The highest BCUT2D eigenvalue weighted by Gasteiger charge is 2.24. The molecule has 2 aromatic carbocycles. The Balaban J connectivity index is 1.67. The molecule has 0 radical (unpaired) electrons. The van der Waals surface area contributed by atoms with Gasteiger partial charge in [0.05, 0.1) is 32.1 Å². The molecule has 0 unspecified atom stereocenters. The molecule has 8 heteroatoms. The number of hydrogen-bond acceptors (Lipinski definition) is 5. The van der Waals surface area contributed by atoms with Crippen LogP contribution < -0.4 is 10.1 Å². The molecule has 1 N–H and O–H groups in total. The van der Waals surface area contributed by atoms with E-state index in [1.807, 2.05) is 24.3 Å². The molecule has 0 aliphatic carbocycles. The summed E-state index contributed by atoms with van der Waals surface area (Å²) in [4.78, 5) is 12.9. The third-order valence-electron chi connectivity index (χ3n) is 5.46. The minimum absolute atomic E-state index is 0.0866. The topological polar surface area (TPSA) is 84.9 Å². The zero-order valence-electron chi connectivity index (χ0n) is 18.9. The van der Waals surface area contributed by atoms with Gasteiger partial charge in [0.2, 0.25) is 10.0 Å². The number of sulfonamides is 1. The summed E-state index contributed by atoms with van der Waals surface area (Å²) in [5.41, 5.74) is 2.17. The minimum atomic E-state index is -3.40. The molecule has 1 heterocycles. The van der Waals surface area contributed by atoms with Gasteiger partial charge in [-0.15, -0.1) is 0 Å². The Morgan fingerprint density at radius 3 is 2.25 bits per heavy atom. The molecular weight excluding hydrogens is 428 g/mol. The number of morpholine rings is 1. The van der Waals surface area contributed by atoms with Crippen molar-refractivity contribution in [2.24, 2.45) is 5.92 Å². The summed E-state index contributed by atoms with van der Waals surface area (Å²) in [7, 11) is -1.78. The van der Waals surface area contributed by atoms with E-state index in [1.165, 1.54) is 4.31 Å². The van der Waals surface area contributed by atoms with Crippen molar-refractivity contribution >= 4 is 15.9 Å². The number of methoxy groups -OCH3 is 1. The largest absolute Gasteiger partial charge is 0.497 e. The molecule has 1 fully saturated rings. The molecule has 1 aliphatic rings. The molecule has 1 amide bonds. The van der Waals surface area contributed by atoms with Gasteiger partial charge in [0, 0.05) is 18.7 Å². The van der Waals surface area contributed by atoms with Crippen molar-refractivity contribution in [1.82, 2.24) is 9.62 Å². The van der Waals surface area contributed by atoms with Crippen molar-refractivity contribution in [1.29, 1.82) is 0 Å². The molecule has 0 aromatic heterocycles. The fourth-order valence-corrected chi connectivity index (χ4v) is 5.21. The van der Waals surface area contributed by atoms with E-state index < -0.39 is 10.0 Å². The van der Waals surface area contributed by atoms with Crippen molar-refractivity contribution < 1.29 is 22.7 Å². The fourth-order valence-electron chi connectivity index (χ4n) is 3.71. The fraction of sp³-hybridized carbons (Fsp3) is 0.458. The van der Waals surface area contributed by atoms with Crippen LogP contribution in [-0.2, 0) is 20.5 Å². The molecule has 1 aliphatic heterocycles. The second-order valence-corrected chi connectivity index (χ2v) is 10.4. The number of nitrogens with one attached hydrogen (secondary N) is 1. The summed E-state index contributed by atoms with van der Waals surface area (Å²) in [6.07, 6.45) is 0.800. The first-order valence-electron chi connectivity index (χ1n) is 10.9. The van der Waals surface area contributed by atoms with Crippen molar-refractivity contribution in [2.75, 3.05) is 33.4 Å². The maximum atomic E-state index is 12.9. The third-order valence-corrected chi connectivity index (χ3v) is 7.31. The first-order valence-corrected chi connectivity index (χ1v) is 12.5. The van der Waals surface area contributed by atoms with Gasteiger partial charge in [-0.2, -0.15) is 4.31 Å². The molecule has 3 rings (SSSR count). The number of nitrogens with zero attached hydrogens (tertiary/aromatic N) is 1. The van der Waals surface area contributed by atoms with E-state index in [1.54, 1.807) is 31.4 Å². The summed E-state index contributed by atoms with van der Waals surface area (Å²) in [6.45, 7) is 5.84. The molecule has 7 nitrogen and oxygen atoms in total. The lowest BCUT2D eigenvalue weighted by molar-refractivity contribution is 0.0729. The molecule has 0 bridgehead atoms. The van der Waals surface area contributed by atoms with Crippen molar-refractivity contribution in [2.45, 2.75) is 32.1 Å². The van der Waals surface area contributed by atoms with E-state index in [0.29, 0.717) is 43.3 Å². The predicted octanol–water partition coefficient (Wildman–Crippen LogP) is 3.37. The zero-order valence-corrected chi connectivity index (χ0v) is 19.7. The smallest absolute Gasteiger partial charge is 0.251 e. The van der Waals surface area contributed by atoms with Crippen LogP contribution in [0, 0.1) is 5.92 Å². The summed E-state index contributed by atoms with van der Waals surface area (Å²) < 4.78 is 37.1. The molecule has 174 valence electrons. The second kappa shape index (κ2) is 10.9. The Morgan fingerprint density at radius 2 is 1.69 bits per heavy atom. The van der Waals surface area contributed by atoms with Crippen LogP contribution in [-0.4, -0.2) is 52.0 Å². The number of benzene rings is 2. The Bertz CT molecular complexity index is 982. The quantitative estimate of drug-likeness (QED) is 0.620. The van der Waals surface area contributed by atoms with E-state index >= 15 is 0 Å². The van der Waals surface area contributed by atoms with Crippen LogP contribution in [0.4, 0.5) is 0 Å². The van der Waals surface area contributed by atoms with Crippen LogP contribution in [0.15, 0.2) is 48.5 Å². The van der Waals surface area contributed by atoms with Gasteiger partial charge < -0.3 is 14.8 Å². The van der Waals surface area contributed by atoms with Gasteiger partial charge in [0.1, 0.15) is 5.75 Å². The molecule has 2 aromatic rings. The highest BCUT2D eigenvalue weighted by Crippen LogP contribution is 2.24. The van der Waals surface area contributed by atoms with Crippen LogP contribution in [0.2, 0.25) is 0 Å². The highest BCUT2D eigenvalue weighted by molar-refractivity contribution is 7.88. The lowest BCUT2D eigenvalue weighted by Crippen LogP contribution is -2.41. The zero-order chi connectivity index (χ0) is 23.1. The summed E-state index contributed by atoms with van der Waals surface area (Å²) in [5.74, 6) is 0.895. The lowest BCUT2D eigenvalue weighted by atomic mass is 9.96. The van der Waals surface area contributed by atoms with Gasteiger partial charge in [-0.1, -0.05) is 38.1 Å². The first-order chi connectivity index (χ1) is 15.3. The van der Waals surface area contributed by atoms with Crippen molar-refractivity contribution in [3.63, 3.8) is 0 Å². The minimum Gasteiger partial charge on any atom is -0.497 e. The molecular formula is C24H32N2O5S. The van der Waals surface area contributed by atoms with E-state index in [-0.39, 0.29) is 17.7 Å². The van der Waals surface area contributed by atoms with Crippen LogP contribution in [0.5, 0.6) is 5.75 Å². The molecule has 32 heavy (non-hydrogen) atoms. The number of ether oxygens (including phenoxy) is 2. The average Bonchev–Trinajstić information content (AvgIpc) is 2.79. The highest BCUT2D eigenvalue weighted by atomic mass is 32.2. The SMILES string of the molecule is COc1ccc([C@H](CC(C)C)NC(=O)c2ccc(CS(=O)(=O)N3CCOCC3)cc2)cc1. The van der Waals surface area contributed by atoms with E-state index in [2.05, 4.69) is 19.2 Å². The van der Waals surface area contributed by atoms with Crippen LogP contribution >= 0.6 is 0 Å². The average molecular weight is 461 g/mol. The van der Waals surface area contributed by atoms with Gasteiger partial charge in [-0.25, -0.2) is 8.42 Å². The third kappa shape index (κ3) is 6.54. The molecule has 1 atom stereocenters. The Labute approximate surface area is 190 Å². The second-order valence-electron chi connectivity index (χ2n) is 8.39. The van der Waals surface area contributed by atoms with E-state index in [4.69, 9.17) is 9.47 Å². The Morgan fingerprint density at radius 1 is 1.06 bits per heavy atom. The van der Waals surface area contributed by atoms with E-state index in [9.17, 15) is 13.2 Å². The van der Waals surface area contributed by atoms with Gasteiger partial charge in [0.15, 0.2) is 0 Å². The number of carbonyl (C=O) groups excluding carboxylic acids is 1. The lowest BCUT2D eigenvalue weighted by Gasteiger charge is -2.26.